The Morgan fingerprint density at radius 2 is 1.50 bits per heavy atom. The molecule has 0 N–H and O–H groups in total. The fourth-order valence-corrected chi connectivity index (χ4v) is 6.99. The summed E-state index contributed by atoms with van der Waals surface area (Å²) in [6.07, 6.45) is 17.0. The first kappa shape index (κ1) is 15.1. The molecule has 0 spiro atoms. The molecule has 0 fully saturated rings. The molecule has 0 heterocycles. The van der Waals surface area contributed by atoms with Gasteiger partial charge in [-0.3, -0.25) is 4.79 Å². The van der Waals surface area contributed by atoms with Crippen molar-refractivity contribution in [2.45, 2.75) is 17.5 Å². The molecule has 2 aliphatic carbocycles. The van der Waals surface area contributed by atoms with Crippen molar-refractivity contribution < 1.29 is 26.5 Å². The summed E-state index contributed by atoms with van der Waals surface area (Å²) in [5.41, 5.74) is 0.729. The first-order valence-electron chi connectivity index (χ1n) is 6.87. The minimum atomic E-state index is -1.27. The summed E-state index contributed by atoms with van der Waals surface area (Å²) in [6.45, 7) is 0. The van der Waals surface area contributed by atoms with Crippen LogP contribution in [0.15, 0.2) is 73.3 Å². The van der Waals surface area contributed by atoms with Crippen LogP contribution < -0.4 is 0 Å². The molecule has 0 aliphatic heterocycles. The van der Waals surface area contributed by atoms with Crippen LogP contribution in [0.2, 0.25) is 4.63 Å². The Balaban J connectivity index is 0.000000160. The molecule has 0 unspecified atom stereocenters. The third-order valence-electron chi connectivity index (χ3n) is 3.44. The summed E-state index contributed by atoms with van der Waals surface area (Å²) in [6, 6.07) is 9.10. The first-order chi connectivity index (χ1) is 9.81. The standard InChI is InChI=1S/C7H6O.2C5H5.CH3.Zr/c8-6-7-4-2-1-3-5-7;2*1-2-4-5-3-1;;/h1-6H;2*1-3H,4H2;1H3;. The first-order valence-corrected chi connectivity index (χ1v) is 11.8. The van der Waals surface area contributed by atoms with Gasteiger partial charge in [-0.2, -0.15) is 0 Å². The van der Waals surface area contributed by atoms with Gasteiger partial charge in [0, 0.05) is 5.56 Å². The zero-order valence-corrected chi connectivity index (χ0v) is 14.2. The van der Waals surface area contributed by atoms with Crippen LogP contribution in [0, 0.1) is 0 Å². The van der Waals surface area contributed by atoms with Gasteiger partial charge in [-0.05, 0) is 0 Å². The van der Waals surface area contributed by atoms with Crippen molar-refractivity contribution >= 4 is 6.29 Å². The van der Waals surface area contributed by atoms with E-state index < -0.39 is 21.8 Å². The summed E-state index contributed by atoms with van der Waals surface area (Å²) < 4.78 is 6.01. The van der Waals surface area contributed by atoms with Gasteiger partial charge in [0.05, 0.1) is 0 Å². The number of aldehydes is 1. The van der Waals surface area contributed by atoms with Crippen LogP contribution in [-0.2, 0) is 21.8 Å². The van der Waals surface area contributed by atoms with E-state index in [2.05, 4.69) is 41.1 Å². The number of carbonyl (C=O) groups excluding carboxylic acids is 1. The number of hydrogen-bond acceptors (Lipinski definition) is 1. The normalized spacial score (nSPS) is 15.2. The molecule has 0 bridgehead atoms. The van der Waals surface area contributed by atoms with Gasteiger partial charge in [-0.15, -0.1) is 0 Å². The van der Waals surface area contributed by atoms with Crippen LogP contribution in [0.25, 0.3) is 0 Å². The molecule has 1 nitrogen and oxygen atoms in total. The number of rotatable bonds is 3. The average Bonchev–Trinajstić information content (AvgIpc) is 3.21. The molecular formula is C18H19OZr. The minimum absolute atomic E-state index is 0.729. The summed E-state index contributed by atoms with van der Waals surface area (Å²) in [5, 5.41) is 0. The second-order valence-corrected chi connectivity index (χ2v) is 11.0. The van der Waals surface area contributed by atoms with E-state index in [-0.39, 0.29) is 0 Å². The zero-order chi connectivity index (χ0) is 14.2. The maximum absolute atomic E-state index is 10.0. The molecule has 0 atom stereocenters. The molecule has 0 aromatic heterocycles. The third kappa shape index (κ3) is 4.39. The second-order valence-electron chi connectivity index (χ2n) is 4.80. The zero-order valence-electron chi connectivity index (χ0n) is 11.8. The predicted octanol–water partition coefficient (Wildman–Crippen LogP) is 4.84. The molecule has 0 amide bonds. The Kier molecular flexibility index (Phi) is 6.14. The Morgan fingerprint density at radius 1 is 0.950 bits per heavy atom. The van der Waals surface area contributed by atoms with E-state index in [1.807, 2.05) is 18.2 Å². The Morgan fingerprint density at radius 3 is 1.85 bits per heavy atom. The molecule has 3 rings (SSSR count). The summed E-state index contributed by atoms with van der Waals surface area (Å²) >= 11 is -1.27. The molecule has 20 heavy (non-hydrogen) atoms. The van der Waals surface area contributed by atoms with Gasteiger partial charge >= 0.3 is 82.2 Å². The number of hydrogen-bond donors (Lipinski definition) is 0. The van der Waals surface area contributed by atoms with Gasteiger partial charge in [-0.25, -0.2) is 0 Å². The molecule has 101 valence electrons. The monoisotopic (exact) mass is 341 g/mol. The van der Waals surface area contributed by atoms with Crippen molar-refractivity contribution in [1.29, 1.82) is 0 Å². The summed E-state index contributed by atoms with van der Waals surface area (Å²) in [7, 11) is 0. The van der Waals surface area contributed by atoms with E-state index in [0.29, 0.717) is 0 Å². The average molecular weight is 343 g/mol. The van der Waals surface area contributed by atoms with Gasteiger partial charge in [0.2, 0.25) is 0 Å². The molecular weight excluding hydrogens is 323 g/mol. The second kappa shape index (κ2) is 8.12. The summed E-state index contributed by atoms with van der Waals surface area (Å²) in [4.78, 5) is 10.0. The van der Waals surface area contributed by atoms with Gasteiger partial charge in [0.15, 0.2) is 0 Å². The fraction of sp³-hybridized carbons (Fsp3) is 0.167. The van der Waals surface area contributed by atoms with Crippen LogP contribution >= 0.6 is 0 Å². The van der Waals surface area contributed by atoms with Crippen molar-refractivity contribution in [2.24, 2.45) is 0 Å². The number of carbonyl (C=O) groups is 1. The Labute approximate surface area is 129 Å². The molecule has 2 heteroatoms. The van der Waals surface area contributed by atoms with E-state index >= 15 is 0 Å². The Hall–Kier alpha value is -1.27. The van der Waals surface area contributed by atoms with Gasteiger partial charge in [0.25, 0.3) is 0 Å². The topological polar surface area (TPSA) is 17.1 Å². The van der Waals surface area contributed by atoms with Crippen LogP contribution in [0.3, 0.4) is 0 Å². The molecule has 2 aliphatic rings. The Bertz CT molecular complexity index is 534. The van der Waals surface area contributed by atoms with Crippen molar-refractivity contribution in [3.05, 3.63) is 78.9 Å². The van der Waals surface area contributed by atoms with Gasteiger partial charge < -0.3 is 0 Å². The van der Waals surface area contributed by atoms with E-state index in [4.69, 9.17) is 0 Å². The fourth-order valence-electron chi connectivity index (χ4n) is 2.19. The molecule has 0 saturated carbocycles. The molecule has 1 aromatic carbocycles. The van der Waals surface area contributed by atoms with E-state index in [1.54, 1.807) is 18.7 Å². The van der Waals surface area contributed by atoms with Crippen molar-refractivity contribution in [3.63, 3.8) is 0 Å². The van der Waals surface area contributed by atoms with Crippen LogP contribution in [0.1, 0.15) is 23.2 Å². The molecule has 0 radical (unpaired) electrons. The molecule has 1 aromatic rings. The number of allylic oxidation sites excluding steroid dienone is 8. The third-order valence-corrected chi connectivity index (χ3v) is 10.0. The SMILES string of the molecule is O=Cc1ccccc1.[CH3][Zr]([C]1=CC=CC1)[C]1=CC=CC1. The predicted molar refractivity (Wildman–Crippen MR) is 81.4 cm³/mol. The van der Waals surface area contributed by atoms with Crippen LogP contribution in [-0.4, -0.2) is 6.29 Å². The van der Waals surface area contributed by atoms with Gasteiger partial charge in [-0.1, -0.05) is 30.3 Å². The molecule has 0 saturated heterocycles. The quantitative estimate of drug-likeness (QED) is 0.718. The number of benzene rings is 1. The summed E-state index contributed by atoms with van der Waals surface area (Å²) in [5.74, 6) is 0. The van der Waals surface area contributed by atoms with E-state index in [0.717, 1.165) is 11.8 Å². The van der Waals surface area contributed by atoms with Crippen molar-refractivity contribution in [1.82, 2.24) is 0 Å². The van der Waals surface area contributed by atoms with E-state index in [9.17, 15) is 4.79 Å². The van der Waals surface area contributed by atoms with Crippen molar-refractivity contribution in [3.8, 4) is 0 Å². The van der Waals surface area contributed by atoms with E-state index in [1.165, 1.54) is 12.8 Å². The van der Waals surface area contributed by atoms with Crippen LogP contribution in [0.5, 0.6) is 0 Å². The van der Waals surface area contributed by atoms with Gasteiger partial charge in [0.1, 0.15) is 6.29 Å². The maximum atomic E-state index is 10.0. The van der Waals surface area contributed by atoms with Crippen molar-refractivity contribution in [2.75, 3.05) is 0 Å². The van der Waals surface area contributed by atoms with Crippen LogP contribution in [0.4, 0.5) is 0 Å².